The highest BCUT2D eigenvalue weighted by molar-refractivity contribution is 4.88. The summed E-state index contributed by atoms with van der Waals surface area (Å²) in [5.74, 6) is -2.12. The predicted molar refractivity (Wildman–Crippen MR) is 88.5 cm³/mol. The van der Waals surface area contributed by atoms with Gasteiger partial charge in [-0.3, -0.25) is 0 Å². The number of nitrogens with zero attached hydrogens (tertiary/aromatic N) is 2. The second-order valence-corrected chi connectivity index (χ2v) is 7.39. The SMILES string of the molecule is CCCCCCCCCN1CCN(CC2CC(F)(F)C2)CC1. The minimum Gasteiger partial charge on any atom is -0.301 e. The highest BCUT2D eigenvalue weighted by Gasteiger charge is 2.45. The Morgan fingerprint density at radius 1 is 0.818 bits per heavy atom. The van der Waals surface area contributed by atoms with E-state index in [0.29, 0.717) is 0 Å². The first-order valence-corrected chi connectivity index (χ1v) is 9.41. The summed E-state index contributed by atoms with van der Waals surface area (Å²) in [4.78, 5) is 4.94. The Morgan fingerprint density at radius 3 is 1.95 bits per heavy atom. The summed E-state index contributed by atoms with van der Waals surface area (Å²) in [6.45, 7) is 8.76. The maximum Gasteiger partial charge on any atom is 0.248 e. The molecule has 2 rings (SSSR count). The molecule has 4 heteroatoms. The van der Waals surface area contributed by atoms with Crippen LogP contribution < -0.4 is 0 Å². The van der Waals surface area contributed by atoms with Crippen LogP contribution in [0.15, 0.2) is 0 Å². The molecule has 0 amide bonds. The van der Waals surface area contributed by atoms with Gasteiger partial charge in [-0.15, -0.1) is 0 Å². The molecule has 0 N–H and O–H groups in total. The first-order valence-electron chi connectivity index (χ1n) is 9.41. The molecule has 1 heterocycles. The summed E-state index contributed by atoms with van der Waals surface area (Å²) in [5.41, 5.74) is 0. The smallest absolute Gasteiger partial charge is 0.248 e. The van der Waals surface area contributed by atoms with Gasteiger partial charge in [0, 0.05) is 45.6 Å². The van der Waals surface area contributed by atoms with Gasteiger partial charge in [-0.25, -0.2) is 8.78 Å². The number of alkyl halides is 2. The molecule has 2 nitrogen and oxygen atoms in total. The Labute approximate surface area is 135 Å². The molecule has 130 valence electrons. The van der Waals surface area contributed by atoms with E-state index in [1.807, 2.05) is 0 Å². The monoisotopic (exact) mass is 316 g/mol. The molecular formula is C18H34F2N2. The molecule has 22 heavy (non-hydrogen) atoms. The van der Waals surface area contributed by atoms with Gasteiger partial charge in [0.1, 0.15) is 0 Å². The Kier molecular flexibility index (Phi) is 7.55. The number of rotatable bonds is 10. The molecule has 2 fully saturated rings. The highest BCUT2D eigenvalue weighted by atomic mass is 19.3. The van der Waals surface area contributed by atoms with Gasteiger partial charge >= 0.3 is 0 Å². The second-order valence-electron chi connectivity index (χ2n) is 7.39. The van der Waals surface area contributed by atoms with Crippen molar-refractivity contribution in [3.63, 3.8) is 0 Å². The zero-order valence-corrected chi connectivity index (χ0v) is 14.3. The number of hydrogen-bond donors (Lipinski definition) is 0. The maximum atomic E-state index is 12.8. The molecule has 0 aromatic carbocycles. The Balaban J connectivity index is 1.44. The predicted octanol–water partition coefficient (Wildman–Crippen LogP) is 4.40. The van der Waals surface area contributed by atoms with Crippen molar-refractivity contribution in [2.45, 2.75) is 70.6 Å². The quantitative estimate of drug-likeness (QED) is 0.551. The molecule has 1 aliphatic heterocycles. The van der Waals surface area contributed by atoms with E-state index >= 15 is 0 Å². The van der Waals surface area contributed by atoms with E-state index in [2.05, 4.69) is 16.7 Å². The van der Waals surface area contributed by atoms with Crippen LogP contribution in [0.3, 0.4) is 0 Å². The van der Waals surface area contributed by atoms with E-state index in [9.17, 15) is 8.78 Å². The number of piperazine rings is 1. The Bertz CT molecular complexity index is 293. The Hall–Kier alpha value is -0.220. The van der Waals surface area contributed by atoms with E-state index in [-0.39, 0.29) is 18.8 Å². The largest absolute Gasteiger partial charge is 0.301 e. The topological polar surface area (TPSA) is 6.48 Å². The zero-order chi connectivity index (χ0) is 15.8. The minimum atomic E-state index is -2.36. The lowest BCUT2D eigenvalue weighted by molar-refractivity contribution is -0.117. The third-order valence-electron chi connectivity index (χ3n) is 5.23. The molecule has 1 aliphatic carbocycles. The summed E-state index contributed by atoms with van der Waals surface area (Å²) in [6, 6.07) is 0. The second kappa shape index (κ2) is 9.17. The molecular weight excluding hydrogens is 282 g/mol. The number of halogens is 2. The number of unbranched alkanes of at least 4 members (excludes halogenated alkanes) is 6. The van der Waals surface area contributed by atoms with Crippen LogP contribution >= 0.6 is 0 Å². The average Bonchev–Trinajstić information content (AvgIpc) is 2.46. The van der Waals surface area contributed by atoms with Crippen molar-refractivity contribution in [1.82, 2.24) is 9.80 Å². The van der Waals surface area contributed by atoms with Gasteiger partial charge in [0.2, 0.25) is 5.92 Å². The standard InChI is InChI=1S/C18H34F2N2/c1-2-3-4-5-6-7-8-9-21-10-12-22(13-11-21)16-17-14-18(19,20)15-17/h17H,2-16H2,1H3. The number of hydrogen-bond acceptors (Lipinski definition) is 2. The molecule has 0 unspecified atom stereocenters. The third-order valence-corrected chi connectivity index (χ3v) is 5.23. The maximum absolute atomic E-state index is 12.8. The summed E-state index contributed by atoms with van der Waals surface area (Å²) in [7, 11) is 0. The van der Waals surface area contributed by atoms with Crippen molar-refractivity contribution in [3.05, 3.63) is 0 Å². The summed E-state index contributed by atoms with van der Waals surface area (Å²) >= 11 is 0. The zero-order valence-electron chi connectivity index (χ0n) is 14.3. The van der Waals surface area contributed by atoms with Crippen molar-refractivity contribution in [2.24, 2.45) is 5.92 Å². The van der Waals surface area contributed by atoms with Crippen molar-refractivity contribution in [3.8, 4) is 0 Å². The lowest BCUT2D eigenvalue weighted by Crippen LogP contribution is -2.50. The normalized spacial score (nSPS) is 23.6. The van der Waals surface area contributed by atoms with E-state index in [4.69, 9.17) is 0 Å². The fourth-order valence-corrected chi connectivity index (χ4v) is 3.77. The summed E-state index contributed by atoms with van der Waals surface area (Å²) in [6.07, 6.45) is 9.80. The van der Waals surface area contributed by atoms with E-state index in [1.165, 1.54) is 51.5 Å². The molecule has 0 aromatic heterocycles. The van der Waals surface area contributed by atoms with Crippen LogP contribution in [-0.2, 0) is 0 Å². The molecule has 0 radical (unpaired) electrons. The van der Waals surface area contributed by atoms with E-state index in [0.717, 1.165) is 32.7 Å². The van der Waals surface area contributed by atoms with Crippen LogP contribution in [0, 0.1) is 5.92 Å². The molecule has 1 saturated heterocycles. The van der Waals surface area contributed by atoms with Crippen LogP contribution in [0.25, 0.3) is 0 Å². The summed E-state index contributed by atoms with van der Waals surface area (Å²) < 4.78 is 25.7. The van der Waals surface area contributed by atoms with Crippen molar-refractivity contribution in [1.29, 1.82) is 0 Å². The van der Waals surface area contributed by atoms with Gasteiger partial charge in [-0.1, -0.05) is 45.4 Å². The average molecular weight is 316 g/mol. The molecule has 0 atom stereocenters. The van der Waals surface area contributed by atoms with Crippen LogP contribution in [0.2, 0.25) is 0 Å². The first kappa shape index (κ1) is 18.1. The van der Waals surface area contributed by atoms with Gasteiger partial charge in [-0.2, -0.15) is 0 Å². The van der Waals surface area contributed by atoms with Gasteiger partial charge in [0.25, 0.3) is 0 Å². The van der Waals surface area contributed by atoms with Crippen LogP contribution in [0.4, 0.5) is 8.78 Å². The van der Waals surface area contributed by atoms with Crippen molar-refractivity contribution in [2.75, 3.05) is 39.3 Å². The van der Waals surface area contributed by atoms with Gasteiger partial charge in [-0.05, 0) is 18.9 Å². The fraction of sp³-hybridized carbons (Fsp3) is 1.00. The molecule has 0 spiro atoms. The third kappa shape index (κ3) is 6.49. The Morgan fingerprint density at radius 2 is 1.36 bits per heavy atom. The molecule has 1 saturated carbocycles. The van der Waals surface area contributed by atoms with Crippen LogP contribution in [-0.4, -0.2) is 55.0 Å². The van der Waals surface area contributed by atoms with E-state index in [1.54, 1.807) is 0 Å². The van der Waals surface area contributed by atoms with Gasteiger partial charge in [0.15, 0.2) is 0 Å². The van der Waals surface area contributed by atoms with Crippen molar-refractivity contribution < 1.29 is 8.78 Å². The van der Waals surface area contributed by atoms with Gasteiger partial charge in [0.05, 0.1) is 0 Å². The first-order chi connectivity index (χ1) is 10.6. The van der Waals surface area contributed by atoms with Crippen LogP contribution in [0.1, 0.15) is 64.7 Å². The minimum absolute atomic E-state index is 0.116. The lowest BCUT2D eigenvalue weighted by atomic mass is 9.81. The fourth-order valence-electron chi connectivity index (χ4n) is 3.77. The highest BCUT2D eigenvalue weighted by Crippen LogP contribution is 2.42. The van der Waals surface area contributed by atoms with Gasteiger partial charge < -0.3 is 9.80 Å². The molecule has 2 aliphatic rings. The lowest BCUT2D eigenvalue weighted by Gasteiger charge is -2.41. The van der Waals surface area contributed by atoms with Crippen LogP contribution in [0.5, 0.6) is 0 Å². The van der Waals surface area contributed by atoms with E-state index < -0.39 is 5.92 Å². The molecule has 0 bridgehead atoms. The summed E-state index contributed by atoms with van der Waals surface area (Å²) in [5, 5.41) is 0. The van der Waals surface area contributed by atoms with Crippen molar-refractivity contribution >= 4 is 0 Å². The molecule has 0 aromatic rings.